The van der Waals surface area contributed by atoms with Crippen LogP contribution in [0.4, 0.5) is 0 Å². The monoisotopic (exact) mass is 333 g/mol. The van der Waals surface area contributed by atoms with Crippen molar-refractivity contribution in [2.24, 2.45) is 5.92 Å². The van der Waals surface area contributed by atoms with Crippen LogP contribution in [0.2, 0.25) is 0 Å². The van der Waals surface area contributed by atoms with Gasteiger partial charge in [0.15, 0.2) is 0 Å². The molecule has 0 radical (unpaired) electrons. The van der Waals surface area contributed by atoms with E-state index in [0.717, 1.165) is 37.8 Å². The highest BCUT2D eigenvalue weighted by Crippen LogP contribution is 2.46. The zero-order valence-corrected chi connectivity index (χ0v) is 14.1. The van der Waals surface area contributed by atoms with Gasteiger partial charge in [-0.2, -0.15) is 10.2 Å². The van der Waals surface area contributed by atoms with Crippen LogP contribution in [0.15, 0.2) is 18.5 Å². The molecule has 0 N–H and O–H groups in total. The number of likely N-dealkylation sites (tertiary alicyclic amines) is 1. The Balaban J connectivity index is 1.25. The third-order valence-corrected chi connectivity index (χ3v) is 6.87. The molecule has 5 nitrogen and oxygen atoms in total. The number of rotatable bonds is 4. The van der Waals surface area contributed by atoms with Gasteiger partial charge in [-0.1, -0.05) is 12.8 Å². The normalized spacial score (nSPS) is 26.6. The number of amides is 1. The molecule has 2 aliphatic heterocycles. The lowest BCUT2D eigenvalue weighted by atomic mass is 9.92. The topological polar surface area (TPSA) is 55.3 Å². The molecule has 23 heavy (non-hydrogen) atoms. The van der Waals surface area contributed by atoms with Crippen molar-refractivity contribution < 1.29 is 9.53 Å². The van der Waals surface area contributed by atoms with Crippen LogP contribution in [-0.2, 0) is 4.74 Å². The van der Waals surface area contributed by atoms with E-state index in [2.05, 4.69) is 10.2 Å². The Morgan fingerprint density at radius 1 is 1.35 bits per heavy atom. The van der Waals surface area contributed by atoms with Crippen molar-refractivity contribution in [2.45, 2.75) is 43.0 Å². The van der Waals surface area contributed by atoms with Crippen LogP contribution in [0.25, 0.3) is 0 Å². The third-order valence-electron chi connectivity index (χ3n) is 5.29. The summed E-state index contributed by atoms with van der Waals surface area (Å²) >= 11 is 1.99. The molecule has 6 heteroatoms. The standard InChI is InChI=1S/C17H23N3O2S/c21-16(14-5-6-18-19-8-14)20-11-17(12-20)7-15(10-23-17)22-9-13-3-1-2-4-13/h5-6,8,13,15H,1-4,7,9-12H2. The average Bonchev–Trinajstić information content (AvgIpc) is 3.21. The minimum atomic E-state index is 0.0708. The number of hydrogen-bond donors (Lipinski definition) is 0. The first kappa shape index (κ1) is 15.4. The fourth-order valence-electron chi connectivity index (χ4n) is 3.97. The molecule has 1 unspecified atom stereocenters. The maximum Gasteiger partial charge on any atom is 0.255 e. The first-order chi connectivity index (χ1) is 11.2. The summed E-state index contributed by atoms with van der Waals surface area (Å²) in [4.78, 5) is 14.3. The van der Waals surface area contributed by atoms with Crippen molar-refractivity contribution in [3.05, 3.63) is 24.0 Å². The lowest BCUT2D eigenvalue weighted by Gasteiger charge is -2.47. The molecule has 3 aliphatic rings. The van der Waals surface area contributed by atoms with Crippen molar-refractivity contribution in [3.63, 3.8) is 0 Å². The molecule has 124 valence electrons. The second kappa shape index (κ2) is 6.40. The quantitative estimate of drug-likeness (QED) is 0.847. The van der Waals surface area contributed by atoms with Gasteiger partial charge in [0, 0.05) is 25.4 Å². The number of aromatic nitrogens is 2. The van der Waals surface area contributed by atoms with E-state index in [1.807, 2.05) is 16.7 Å². The number of ether oxygens (including phenoxy) is 1. The SMILES string of the molecule is O=C(c1ccnnc1)N1CC2(CC(OCC3CCCC3)CS2)C1. The van der Waals surface area contributed by atoms with E-state index in [0.29, 0.717) is 11.7 Å². The highest BCUT2D eigenvalue weighted by atomic mass is 32.2. The number of nitrogens with zero attached hydrogens (tertiary/aromatic N) is 3. The minimum Gasteiger partial charge on any atom is -0.377 e. The first-order valence-corrected chi connectivity index (χ1v) is 9.54. The van der Waals surface area contributed by atoms with Crippen LogP contribution in [0.5, 0.6) is 0 Å². The van der Waals surface area contributed by atoms with E-state index in [9.17, 15) is 4.79 Å². The molecule has 1 aromatic heterocycles. The summed E-state index contributed by atoms with van der Waals surface area (Å²) in [6, 6.07) is 1.73. The van der Waals surface area contributed by atoms with Gasteiger partial charge < -0.3 is 9.64 Å². The summed E-state index contributed by atoms with van der Waals surface area (Å²) < 4.78 is 6.39. The molecule has 1 spiro atoms. The van der Waals surface area contributed by atoms with E-state index in [-0.39, 0.29) is 10.7 Å². The van der Waals surface area contributed by atoms with Crippen molar-refractivity contribution >= 4 is 17.7 Å². The maximum atomic E-state index is 12.4. The van der Waals surface area contributed by atoms with E-state index < -0.39 is 0 Å². The largest absolute Gasteiger partial charge is 0.377 e. The average molecular weight is 333 g/mol. The molecule has 4 rings (SSSR count). The molecular formula is C17H23N3O2S. The third kappa shape index (κ3) is 3.24. The van der Waals surface area contributed by atoms with Crippen LogP contribution in [-0.4, -0.2) is 57.3 Å². The Hall–Kier alpha value is -1.14. The van der Waals surface area contributed by atoms with Gasteiger partial charge in [-0.05, 0) is 31.2 Å². The van der Waals surface area contributed by atoms with Gasteiger partial charge in [0.1, 0.15) is 0 Å². The smallest absolute Gasteiger partial charge is 0.255 e. The first-order valence-electron chi connectivity index (χ1n) is 8.56. The second-order valence-electron chi connectivity index (χ2n) is 7.10. The molecule has 3 fully saturated rings. The molecule has 0 aromatic carbocycles. The number of thioether (sulfide) groups is 1. The van der Waals surface area contributed by atoms with Crippen molar-refractivity contribution in [2.75, 3.05) is 25.4 Å². The van der Waals surface area contributed by atoms with Gasteiger partial charge in [0.05, 0.1) is 28.8 Å². The van der Waals surface area contributed by atoms with Crippen LogP contribution in [0.1, 0.15) is 42.5 Å². The fraction of sp³-hybridized carbons (Fsp3) is 0.706. The van der Waals surface area contributed by atoms with E-state index in [1.165, 1.54) is 25.7 Å². The summed E-state index contributed by atoms with van der Waals surface area (Å²) in [7, 11) is 0. The highest BCUT2D eigenvalue weighted by molar-refractivity contribution is 8.01. The fourth-order valence-corrected chi connectivity index (χ4v) is 5.52. The number of carbonyl (C=O) groups excluding carboxylic acids is 1. The predicted molar refractivity (Wildman–Crippen MR) is 89.4 cm³/mol. The van der Waals surface area contributed by atoms with Crippen molar-refractivity contribution in [1.82, 2.24) is 15.1 Å². The lowest BCUT2D eigenvalue weighted by Crippen LogP contribution is -2.60. The maximum absolute atomic E-state index is 12.4. The van der Waals surface area contributed by atoms with Crippen LogP contribution < -0.4 is 0 Å². The minimum absolute atomic E-state index is 0.0708. The van der Waals surface area contributed by atoms with Gasteiger partial charge in [-0.3, -0.25) is 4.79 Å². The summed E-state index contributed by atoms with van der Waals surface area (Å²) in [6.45, 7) is 2.61. The number of carbonyl (C=O) groups is 1. The van der Waals surface area contributed by atoms with E-state index >= 15 is 0 Å². The van der Waals surface area contributed by atoms with Crippen LogP contribution in [0, 0.1) is 5.92 Å². The molecule has 3 heterocycles. The van der Waals surface area contributed by atoms with Gasteiger partial charge in [0.2, 0.25) is 0 Å². The molecule has 1 aromatic rings. The zero-order valence-electron chi connectivity index (χ0n) is 13.3. The molecule has 1 atom stereocenters. The molecule has 1 amide bonds. The molecule has 0 bridgehead atoms. The van der Waals surface area contributed by atoms with Gasteiger partial charge in [-0.15, -0.1) is 11.8 Å². The summed E-state index contributed by atoms with van der Waals surface area (Å²) in [5.41, 5.74) is 0.631. The Bertz CT molecular complexity index is 556. The summed E-state index contributed by atoms with van der Waals surface area (Å²) in [6.07, 6.45) is 10.0. The summed E-state index contributed by atoms with van der Waals surface area (Å²) in [5, 5.41) is 7.51. The lowest BCUT2D eigenvalue weighted by molar-refractivity contribution is 0.0197. The van der Waals surface area contributed by atoms with E-state index in [1.54, 1.807) is 18.5 Å². The van der Waals surface area contributed by atoms with E-state index in [4.69, 9.17) is 4.74 Å². The predicted octanol–water partition coefficient (Wildman–Crippen LogP) is 2.38. The molecule has 1 aliphatic carbocycles. The zero-order chi connectivity index (χ0) is 15.7. The Morgan fingerprint density at radius 2 is 2.17 bits per heavy atom. The van der Waals surface area contributed by atoms with Crippen molar-refractivity contribution in [1.29, 1.82) is 0 Å². The van der Waals surface area contributed by atoms with Crippen molar-refractivity contribution in [3.8, 4) is 0 Å². The molecular weight excluding hydrogens is 310 g/mol. The van der Waals surface area contributed by atoms with Gasteiger partial charge in [0.25, 0.3) is 5.91 Å². The van der Waals surface area contributed by atoms with Crippen LogP contribution in [0.3, 0.4) is 0 Å². The molecule has 2 saturated heterocycles. The van der Waals surface area contributed by atoms with Gasteiger partial charge >= 0.3 is 0 Å². The highest BCUT2D eigenvalue weighted by Gasteiger charge is 2.51. The van der Waals surface area contributed by atoms with Crippen LogP contribution >= 0.6 is 11.8 Å². The summed E-state index contributed by atoms with van der Waals surface area (Å²) in [5.74, 6) is 1.93. The Labute approximate surface area is 141 Å². The molecule has 1 saturated carbocycles. The Morgan fingerprint density at radius 3 is 2.91 bits per heavy atom. The number of hydrogen-bond acceptors (Lipinski definition) is 5. The second-order valence-corrected chi connectivity index (χ2v) is 8.58. The Kier molecular flexibility index (Phi) is 4.28. The van der Waals surface area contributed by atoms with Gasteiger partial charge in [-0.25, -0.2) is 0 Å².